The minimum atomic E-state index is -5.24. The van der Waals surface area contributed by atoms with E-state index in [4.69, 9.17) is 4.74 Å². The van der Waals surface area contributed by atoms with Crippen LogP contribution in [0.3, 0.4) is 0 Å². The van der Waals surface area contributed by atoms with Gasteiger partial charge in [0.2, 0.25) is 11.5 Å². The lowest BCUT2D eigenvalue weighted by molar-refractivity contribution is -0.269. The zero-order valence-corrected chi connectivity index (χ0v) is 24.7. The number of hydrogen-bond donors (Lipinski definition) is 2. The molecule has 2 N–H and O–H groups in total. The van der Waals surface area contributed by atoms with Gasteiger partial charge in [-0.3, -0.25) is 19.7 Å². The van der Waals surface area contributed by atoms with Crippen LogP contribution in [0.15, 0.2) is 66.7 Å². The number of nitrogens with one attached hydrogen (secondary N) is 2. The molecule has 14 heteroatoms. The van der Waals surface area contributed by atoms with E-state index in [1.807, 2.05) is 0 Å². The van der Waals surface area contributed by atoms with Crippen molar-refractivity contribution in [3.05, 3.63) is 101 Å². The zero-order chi connectivity index (χ0) is 33.4. The normalized spacial score (nSPS) is 18.7. The van der Waals surface area contributed by atoms with E-state index in [9.17, 15) is 41.1 Å². The summed E-state index contributed by atoms with van der Waals surface area (Å²) < 4.78 is 76.5. The number of rotatable bonds is 9. The second-order valence-corrected chi connectivity index (χ2v) is 11.5. The first-order chi connectivity index (χ1) is 21.6. The van der Waals surface area contributed by atoms with Crippen molar-refractivity contribution in [2.24, 2.45) is 0 Å². The Hall–Kier alpha value is -4.85. The van der Waals surface area contributed by atoms with Crippen molar-refractivity contribution in [2.75, 3.05) is 18.9 Å². The van der Waals surface area contributed by atoms with Gasteiger partial charge in [-0.15, -0.1) is 0 Å². The number of likely N-dealkylation sites (N-methyl/N-ethyl adjacent to an activating group) is 1. The smallest absolute Gasteiger partial charge is 0.352 e. The van der Waals surface area contributed by atoms with Crippen LogP contribution in [0.1, 0.15) is 29.2 Å². The zero-order valence-electron chi connectivity index (χ0n) is 24.7. The molecular formula is C32H29F5N4O5. The summed E-state index contributed by atoms with van der Waals surface area (Å²) in [5.41, 5.74) is -2.74. The third-order valence-corrected chi connectivity index (χ3v) is 8.28. The maximum Gasteiger partial charge on any atom is 0.426 e. The maximum absolute atomic E-state index is 14.5. The number of alkyl halides is 3. The van der Waals surface area contributed by atoms with Crippen LogP contribution in [0.2, 0.25) is 0 Å². The second-order valence-electron chi connectivity index (χ2n) is 11.5. The van der Waals surface area contributed by atoms with Gasteiger partial charge in [0.25, 0.3) is 11.8 Å². The number of anilines is 1. The van der Waals surface area contributed by atoms with Gasteiger partial charge >= 0.3 is 12.2 Å². The van der Waals surface area contributed by atoms with Gasteiger partial charge in [0.05, 0.1) is 6.61 Å². The highest BCUT2D eigenvalue weighted by atomic mass is 19.4. The summed E-state index contributed by atoms with van der Waals surface area (Å²) in [6.45, 7) is -1.74. The van der Waals surface area contributed by atoms with Crippen molar-refractivity contribution in [3.8, 4) is 0 Å². The standard InChI is InChI=1S/C32H29F5N4O5/c1-30(32(35,36)37,46-18-19-6-4-3-5-7-19)28(44)41(16-20-10-23(33)13-24(34)11-20)17-26(42)38-25-9-8-21-14-31(15-22(21)12-25)27(43)39-29(45)40(31)2/h3-13H,14-18H2,1-2H3,(H,38,42)(H,39,43,45)/t30-,31+/m1/s1. The van der Waals surface area contributed by atoms with E-state index in [0.717, 1.165) is 17.7 Å². The number of halogens is 5. The van der Waals surface area contributed by atoms with Crippen LogP contribution in [0.25, 0.3) is 0 Å². The predicted molar refractivity (Wildman–Crippen MR) is 154 cm³/mol. The molecule has 1 aliphatic heterocycles. The molecule has 1 aliphatic carbocycles. The van der Waals surface area contributed by atoms with E-state index in [1.165, 1.54) is 30.1 Å². The Bertz CT molecular complexity index is 1680. The number of amides is 5. The fraction of sp³-hybridized carbons (Fsp3) is 0.312. The van der Waals surface area contributed by atoms with Gasteiger partial charge in [0, 0.05) is 38.2 Å². The first kappa shape index (κ1) is 32.5. The van der Waals surface area contributed by atoms with Crippen LogP contribution < -0.4 is 10.6 Å². The number of urea groups is 1. The van der Waals surface area contributed by atoms with Gasteiger partial charge in [-0.1, -0.05) is 36.4 Å². The average molecular weight is 645 g/mol. The summed E-state index contributed by atoms with van der Waals surface area (Å²) in [5, 5.41) is 4.82. The molecule has 1 fully saturated rings. The molecule has 1 saturated heterocycles. The summed E-state index contributed by atoms with van der Waals surface area (Å²) in [6.07, 6.45) is -4.83. The van der Waals surface area contributed by atoms with Crippen LogP contribution in [-0.2, 0) is 45.1 Å². The topological polar surface area (TPSA) is 108 Å². The number of imide groups is 1. The summed E-state index contributed by atoms with van der Waals surface area (Å²) in [7, 11) is 1.50. The molecule has 3 aromatic carbocycles. The highest BCUT2D eigenvalue weighted by Crippen LogP contribution is 2.39. The Kier molecular flexibility index (Phi) is 8.60. The van der Waals surface area contributed by atoms with E-state index in [0.29, 0.717) is 29.0 Å². The van der Waals surface area contributed by atoms with Gasteiger partial charge in [0.15, 0.2) is 0 Å². The average Bonchev–Trinajstić information content (AvgIpc) is 3.46. The van der Waals surface area contributed by atoms with E-state index in [1.54, 1.807) is 30.3 Å². The van der Waals surface area contributed by atoms with Crippen molar-refractivity contribution in [1.29, 1.82) is 0 Å². The van der Waals surface area contributed by atoms with Crippen molar-refractivity contribution in [3.63, 3.8) is 0 Å². The number of hydrogen-bond acceptors (Lipinski definition) is 5. The van der Waals surface area contributed by atoms with Crippen LogP contribution in [0.5, 0.6) is 0 Å². The molecule has 0 saturated carbocycles. The molecule has 1 spiro atoms. The van der Waals surface area contributed by atoms with Gasteiger partial charge in [-0.2, -0.15) is 13.2 Å². The van der Waals surface area contributed by atoms with Crippen LogP contribution in [0.4, 0.5) is 32.4 Å². The molecule has 0 unspecified atom stereocenters. The lowest BCUT2D eigenvalue weighted by Crippen LogP contribution is -2.58. The molecule has 0 radical (unpaired) electrons. The molecule has 1 heterocycles. The molecule has 2 atom stereocenters. The molecule has 2 aliphatic rings. The number of carbonyl (C=O) groups excluding carboxylic acids is 4. The summed E-state index contributed by atoms with van der Waals surface area (Å²) in [4.78, 5) is 53.3. The fourth-order valence-electron chi connectivity index (χ4n) is 5.64. The Morgan fingerprint density at radius 3 is 2.22 bits per heavy atom. The van der Waals surface area contributed by atoms with Crippen molar-refractivity contribution in [1.82, 2.24) is 15.1 Å². The lowest BCUT2D eigenvalue weighted by Gasteiger charge is -2.35. The Labute approximate surface area is 260 Å². The molecule has 0 bridgehead atoms. The highest BCUT2D eigenvalue weighted by molar-refractivity contribution is 6.07. The number of nitrogens with zero attached hydrogens (tertiary/aromatic N) is 2. The Balaban J connectivity index is 1.38. The predicted octanol–water partition coefficient (Wildman–Crippen LogP) is 4.49. The third kappa shape index (κ3) is 6.29. The number of carbonyl (C=O) groups is 4. The largest absolute Gasteiger partial charge is 0.426 e. The van der Waals surface area contributed by atoms with E-state index < -0.39 is 72.4 Å². The van der Waals surface area contributed by atoms with Crippen LogP contribution in [-0.4, -0.2) is 64.5 Å². The lowest BCUT2D eigenvalue weighted by atomic mass is 9.95. The van der Waals surface area contributed by atoms with E-state index in [-0.39, 0.29) is 24.1 Å². The first-order valence-electron chi connectivity index (χ1n) is 14.1. The Morgan fingerprint density at radius 1 is 0.957 bits per heavy atom. The van der Waals surface area contributed by atoms with Gasteiger partial charge in [0.1, 0.15) is 23.7 Å². The summed E-state index contributed by atoms with van der Waals surface area (Å²) >= 11 is 0. The number of benzene rings is 3. The quantitative estimate of drug-likeness (QED) is 0.264. The first-order valence-corrected chi connectivity index (χ1v) is 14.1. The SMILES string of the molecule is CN1C(=O)NC(=O)[C@@]12Cc1ccc(NC(=O)CN(Cc3cc(F)cc(F)c3)C(=O)[C@@](C)(OCc3ccccc3)C(F)(F)F)cc1C2. The van der Waals surface area contributed by atoms with E-state index in [2.05, 4.69) is 10.6 Å². The van der Waals surface area contributed by atoms with Crippen molar-refractivity contribution in [2.45, 2.75) is 50.2 Å². The van der Waals surface area contributed by atoms with Gasteiger partial charge in [-0.05, 0) is 53.4 Å². The van der Waals surface area contributed by atoms with Gasteiger partial charge < -0.3 is 19.9 Å². The summed E-state index contributed by atoms with van der Waals surface area (Å²) in [5.74, 6) is -5.05. The van der Waals surface area contributed by atoms with Crippen molar-refractivity contribution < 1.29 is 45.9 Å². The third-order valence-electron chi connectivity index (χ3n) is 8.28. The minimum Gasteiger partial charge on any atom is -0.352 e. The monoisotopic (exact) mass is 644 g/mol. The highest BCUT2D eigenvalue weighted by Gasteiger charge is 2.60. The second kappa shape index (κ2) is 12.2. The fourth-order valence-corrected chi connectivity index (χ4v) is 5.64. The van der Waals surface area contributed by atoms with Gasteiger partial charge in [-0.25, -0.2) is 13.6 Å². The number of ether oxygens (including phenoxy) is 1. The van der Waals surface area contributed by atoms with Crippen LogP contribution >= 0.6 is 0 Å². The molecule has 0 aromatic heterocycles. The molecule has 9 nitrogen and oxygen atoms in total. The molecule has 5 rings (SSSR count). The number of fused-ring (bicyclic) bond motifs is 1. The molecule has 3 aromatic rings. The maximum atomic E-state index is 14.5. The minimum absolute atomic E-state index is 0.165. The summed E-state index contributed by atoms with van der Waals surface area (Å²) in [6, 6.07) is 14.3. The molecular weight excluding hydrogens is 615 g/mol. The molecule has 242 valence electrons. The van der Waals surface area contributed by atoms with Crippen molar-refractivity contribution >= 4 is 29.4 Å². The van der Waals surface area contributed by atoms with Crippen LogP contribution in [0, 0.1) is 11.6 Å². The molecule has 46 heavy (non-hydrogen) atoms. The molecule has 5 amide bonds. The van der Waals surface area contributed by atoms with E-state index >= 15 is 0 Å². The Morgan fingerprint density at radius 2 is 1.61 bits per heavy atom.